The molecule has 0 radical (unpaired) electrons. The number of rotatable bonds is 2. The predicted molar refractivity (Wildman–Crippen MR) is 137 cm³/mol. The SMILES string of the molecule is Cc1cc(Br)ccc1C12CC3(C)CC(C)(C1)CC(C14CC5CC(C)(CC(C)(C5)C1)C4)(C3)C2. The Hall–Kier alpha value is -0.300. The molecule has 0 nitrogen and oxygen atoms in total. The molecule has 0 saturated heterocycles. The van der Waals surface area contributed by atoms with E-state index in [4.69, 9.17) is 0 Å². The molecular formula is C31H43Br. The standard InChI is InChI=1S/C31H43Br/c1-21-8-23(32)6-7-24(21)29-14-27(4)13-28(5,15-29)19-31(18-27,20-29)30-11-22-9-25(2,16-30)12-26(3,10-22)17-30/h6-8,22H,9-20H2,1-5H3. The molecule has 1 aromatic carbocycles. The third kappa shape index (κ3) is 2.62. The van der Waals surface area contributed by atoms with Crippen LogP contribution in [0.5, 0.6) is 0 Å². The lowest BCUT2D eigenvalue weighted by Crippen LogP contribution is -2.69. The van der Waals surface area contributed by atoms with E-state index in [1.54, 1.807) is 24.8 Å². The summed E-state index contributed by atoms with van der Waals surface area (Å²) in [6.45, 7) is 13.2. The Bertz CT molecular complexity index is 981. The zero-order chi connectivity index (χ0) is 22.4. The van der Waals surface area contributed by atoms with Gasteiger partial charge in [-0.1, -0.05) is 49.7 Å². The minimum atomic E-state index is 0.411. The second kappa shape index (κ2) is 5.74. The van der Waals surface area contributed by atoms with Crippen molar-refractivity contribution in [2.45, 2.75) is 117 Å². The Morgan fingerprint density at radius 1 is 0.656 bits per heavy atom. The van der Waals surface area contributed by atoms with Gasteiger partial charge in [0.15, 0.2) is 0 Å². The molecule has 0 spiro atoms. The van der Waals surface area contributed by atoms with E-state index in [9.17, 15) is 0 Å². The predicted octanol–water partition coefficient (Wildman–Crippen LogP) is 9.37. The minimum Gasteiger partial charge on any atom is -0.0596 e. The molecule has 0 aliphatic heterocycles. The van der Waals surface area contributed by atoms with Gasteiger partial charge >= 0.3 is 0 Å². The smallest absolute Gasteiger partial charge is 0.0178 e. The van der Waals surface area contributed by atoms with E-state index >= 15 is 0 Å². The highest BCUT2D eigenvalue weighted by Crippen LogP contribution is 2.83. The number of hydrogen-bond donors (Lipinski definition) is 0. The van der Waals surface area contributed by atoms with E-state index in [1.807, 2.05) is 0 Å². The summed E-state index contributed by atoms with van der Waals surface area (Å²) in [5.41, 5.74) is 7.18. The number of halogens is 1. The first-order chi connectivity index (χ1) is 14.8. The molecule has 0 amide bonds. The molecule has 8 aliphatic rings. The Balaban J connectivity index is 1.41. The molecule has 32 heavy (non-hydrogen) atoms. The van der Waals surface area contributed by atoms with Gasteiger partial charge in [0.05, 0.1) is 0 Å². The lowest BCUT2D eigenvalue weighted by Gasteiger charge is -2.78. The molecule has 8 bridgehead atoms. The van der Waals surface area contributed by atoms with Crippen LogP contribution in [0.4, 0.5) is 0 Å². The number of aryl methyl sites for hydroxylation is 1. The first-order valence-corrected chi connectivity index (χ1v) is 14.4. The zero-order valence-corrected chi connectivity index (χ0v) is 22.8. The van der Waals surface area contributed by atoms with Gasteiger partial charge in [0, 0.05) is 4.47 Å². The zero-order valence-electron chi connectivity index (χ0n) is 21.2. The summed E-state index contributed by atoms with van der Waals surface area (Å²) in [5.74, 6) is 1.01. The van der Waals surface area contributed by atoms with Gasteiger partial charge in [0.1, 0.15) is 0 Å². The fourth-order valence-electron chi connectivity index (χ4n) is 13.8. The average molecular weight is 496 g/mol. The van der Waals surface area contributed by atoms with Crippen molar-refractivity contribution in [2.75, 3.05) is 0 Å². The van der Waals surface area contributed by atoms with E-state index in [1.165, 1.54) is 67.8 Å². The van der Waals surface area contributed by atoms with E-state index in [0.717, 1.165) is 5.92 Å². The maximum atomic E-state index is 3.76. The van der Waals surface area contributed by atoms with Crippen LogP contribution in [0.25, 0.3) is 0 Å². The number of hydrogen-bond acceptors (Lipinski definition) is 0. The largest absolute Gasteiger partial charge is 0.0596 e. The molecule has 4 atom stereocenters. The Kier molecular flexibility index (Phi) is 3.77. The fraction of sp³-hybridized carbons (Fsp3) is 0.806. The topological polar surface area (TPSA) is 0 Å². The van der Waals surface area contributed by atoms with Gasteiger partial charge in [-0.3, -0.25) is 0 Å². The molecule has 8 fully saturated rings. The van der Waals surface area contributed by atoms with Crippen molar-refractivity contribution in [3.05, 3.63) is 33.8 Å². The summed E-state index contributed by atoms with van der Waals surface area (Å²) >= 11 is 3.76. The molecule has 0 aromatic heterocycles. The quantitative estimate of drug-likeness (QED) is 0.383. The van der Waals surface area contributed by atoms with Gasteiger partial charge in [-0.15, -0.1) is 0 Å². The normalized spacial score (nSPS) is 57.4. The molecular weight excluding hydrogens is 452 g/mol. The summed E-state index contributed by atoms with van der Waals surface area (Å²) < 4.78 is 1.25. The number of benzene rings is 1. The lowest BCUT2D eigenvalue weighted by molar-refractivity contribution is -0.270. The van der Waals surface area contributed by atoms with Crippen LogP contribution < -0.4 is 0 Å². The van der Waals surface area contributed by atoms with Gasteiger partial charge in [-0.2, -0.15) is 0 Å². The maximum absolute atomic E-state index is 3.76. The Morgan fingerprint density at radius 2 is 1.22 bits per heavy atom. The van der Waals surface area contributed by atoms with Crippen molar-refractivity contribution in [3.8, 4) is 0 Å². The van der Waals surface area contributed by atoms with Crippen LogP contribution in [0.15, 0.2) is 22.7 Å². The fourth-order valence-corrected chi connectivity index (χ4v) is 14.3. The van der Waals surface area contributed by atoms with Crippen molar-refractivity contribution in [2.24, 2.45) is 38.4 Å². The van der Waals surface area contributed by atoms with Crippen molar-refractivity contribution in [1.82, 2.24) is 0 Å². The third-order valence-electron chi connectivity index (χ3n) is 12.1. The minimum absolute atomic E-state index is 0.411. The summed E-state index contributed by atoms with van der Waals surface area (Å²) in [5, 5.41) is 0. The van der Waals surface area contributed by atoms with Crippen molar-refractivity contribution >= 4 is 15.9 Å². The first-order valence-electron chi connectivity index (χ1n) is 13.6. The van der Waals surface area contributed by atoms with Crippen molar-refractivity contribution in [3.63, 3.8) is 0 Å². The van der Waals surface area contributed by atoms with Gasteiger partial charge < -0.3 is 0 Å². The molecule has 8 aliphatic carbocycles. The summed E-state index contributed by atoms with van der Waals surface area (Å²) in [6, 6.07) is 7.26. The molecule has 1 aromatic rings. The summed E-state index contributed by atoms with van der Waals surface area (Å²) in [7, 11) is 0. The van der Waals surface area contributed by atoms with Crippen molar-refractivity contribution in [1.29, 1.82) is 0 Å². The van der Waals surface area contributed by atoms with Crippen LogP contribution in [0.2, 0.25) is 0 Å². The van der Waals surface area contributed by atoms with Crippen molar-refractivity contribution < 1.29 is 0 Å². The van der Waals surface area contributed by atoms with E-state index < -0.39 is 0 Å². The maximum Gasteiger partial charge on any atom is 0.0178 e. The third-order valence-corrected chi connectivity index (χ3v) is 12.6. The molecule has 9 rings (SSSR count). The van der Waals surface area contributed by atoms with Gasteiger partial charge in [0.25, 0.3) is 0 Å². The van der Waals surface area contributed by atoms with Crippen LogP contribution in [-0.4, -0.2) is 0 Å². The van der Waals surface area contributed by atoms with E-state index in [-0.39, 0.29) is 0 Å². The summed E-state index contributed by atoms with van der Waals surface area (Å²) in [4.78, 5) is 0. The molecule has 8 saturated carbocycles. The van der Waals surface area contributed by atoms with E-state index in [2.05, 4.69) is 68.7 Å². The van der Waals surface area contributed by atoms with Crippen LogP contribution in [0, 0.1) is 45.3 Å². The van der Waals surface area contributed by atoms with Crippen LogP contribution in [0.1, 0.15) is 116 Å². The van der Waals surface area contributed by atoms with Gasteiger partial charge in [0.2, 0.25) is 0 Å². The molecule has 1 heteroatoms. The average Bonchev–Trinajstić information content (AvgIpc) is 2.54. The first kappa shape index (κ1) is 21.0. The van der Waals surface area contributed by atoms with Crippen LogP contribution >= 0.6 is 15.9 Å². The second-order valence-electron chi connectivity index (χ2n) is 16.1. The Labute approximate surface area is 204 Å². The highest BCUT2D eigenvalue weighted by molar-refractivity contribution is 9.10. The van der Waals surface area contributed by atoms with Crippen LogP contribution in [-0.2, 0) is 5.41 Å². The van der Waals surface area contributed by atoms with Gasteiger partial charge in [-0.05, 0) is 151 Å². The van der Waals surface area contributed by atoms with Crippen LogP contribution in [0.3, 0.4) is 0 Å². The van der Waals surface area contributed by atoms with E-state index in [0.29, 0.717) is 37.9 Å². The lowest BCUT2D eigenvalue weighted by atomic mass is 9.26. The van der Waals surface area contributed by atoms with Gasteiger partial charge in [-0.25, -0.2) is 0 Å². The Morgan fingerprint density at radius 3 is 1.78 bits per heavy atom. The molecule has 0 N–H and O–H groups in total. The molecule has 4 unspecified atom stereocenters. The molecule has 0 heterocycles. The highest BCUT2D eigenvalue weighted by atomic mass is 79.9. The second-order valence-corrected chi connectivity index (χ2v) is 17.0. The highest BCUT2D eigenvalue weighted by Gasteiger charge is 2.74. The monoisotopic (exact) mass is 494 g/mol. The molecule has 174 valence electrons. The summed E-state index contributed by atoms with van der Waals surface area (Å²) in [6.07, 6.45) is 18.2.